The third kappa shape index (κ3) is 4.94. The molecule has 0 radical (unpaired) electrons. The van der Waals surface area contributed by atoms with Crippen molar-refractivity contribution in [3.05, 3.63) is 23.2 Å². The molecule has 0 saturated heterocycles. The molecule has 11 heteroatoms. The summed E-state index contributed by atoms with van der Waals surface area (Å²) in [5, 5.41) is 53.5. The predicted octanol–water partition coefficient (Wildman–Crippen LogP) is -2.74. The van der Waals surface area contributed by atoms with E-state index < -0.39 is 31.5 Å². The van der Waals surface area contributed by atoms with Crippen molar-refractivity contribution >= 4 is 23.1 Å². The number of aliphatic hydroxyl groups excluding tert-OH is 5. The Balaban J connectivity index is 2.94. The van der Waals surface area contributed by atoms with Gasteiger partial charge in [0.25, 0.3) is 0 Å². The van der Waals surface area contributed by atoms with Crippen LogP contribution in [0.4, 0.5) is 0 Å². The van der Waals surface area contributed by atoms with Crippen LogP contribution in [0.2, 0.25) is 5.15 Å². The highest BCUT2D eigenvalue weighted by Gasteiger charge is 2.28. The van der Waals surface area contributed by atoms with Crippen molar-refractivity contribution in [1.82, 2.24) is 9.97 Å². The molecule has 7 N–H and O–H groups in total. The largest absolute Gasteiger partial charge is 0.394 e. The molecular formula is C11H16ClN5O5. The van der Waals surface area contributed by atoms with E-state index in [0.29, 0.717) is 0 Å². The van der Waals surface area contributed by atoms with Crippen LogP contribution in [-0.2, 0) is 0 Å². The number of halogens is 1. The number of nitrogens with zero attached hydrogens (tertiary/aromatic N) is 4. The Kier molecular flexibility index (Phi) is 7.24. The fourth-order valence-electron chi connectivity index (χ4n) is 1.33. The van der Waals surface area contributed by atoms with Crippen molar-refractivity contribution in [2.24, 2.45) is 15.9 Å². The summed E-state index contributed by atoms with van der Waals surface area (Å²) in [6.45, 7) is -1.53. The smallest absolute Gasteiger partial charge is 0.173 e. The van der Waals surface area contributed by atoms with E-state index in [2.05, 4.69) is 20.2 Å². The van der Waals surface area contributed by atoms with Gasteiger partial charge in [0.05, 0.1) is 31.3 Å². The monoisotopic (exact) mass is 333 g/mol. The van der Waals surface area contributed by atoms with E-state index in [4.69, 9.17) is 27.5 Å². The van der Waals surface area contributed by atoms with Gasteiger partial charge in [0.15, 0.2) is 5.84 Å². The SMILES string of the molecule is N/C(=N\N=C(\CO)C(O)C(O)C(O)CO)c1cncc(Cl)n1. The van der Waals surface area contributed by atoms with Gasteiger partial charge in [0.1, 0.15) is 29.2 Å². The van der Waals surface area contributed by atoms with Gasteiger partial charge in [-0.05, 0) is 0 Å². The minimum atomic E-state index is -1.75. The van der Waals surface area contributed by atoms with Gasteiger partial charge in [0, 0.05) is 0 Å². The van der Waals surface area contributed by atoms with Gasteiger partial charge in [-0.15, -0.1) is 5.10 Å². The zero-order chi connectivity index (χ0) is 16.7. The van der Waals surface area contributed by atoms with Gasteiger partial charge in [-0.2, -0.15) is 5.10 Å². The van der Waals surface area contributed by atoms with E-state index in [0.717, 1.165) is 0 Å². The van der Waals surface area contributed by atoms with E-state index in [-0.39, 0.29) is 22.4 Å². The Morgan fingerprint density at radius 3 is 2.45 bits per heavy atom. The lowest BCUT2D eigenvalue weighted by atomic mass is 10.0. The molecule has 0 fully saturated rings. The molecule has 122 valence electrons. The Labute approximate surface area is 130 Å². The van der Waals surface area contributed by atoms with Crippen molar-refractivity contribution in [3.8, 4) is 0 Å². The normalized spacial score (nSPS) is 17.2. The highest BCUT2D eigenvalue weighted by Crippen LogP contribution is 2.05. The summed E-state index contributed by atoms with van der Waals surface area (Å²) in [4.78, 5) is 7.58. The van der Waals surface area contributed by atoms with Crippen molar-refractivity contribution in [1.29, 1.82) is 0 Å². The van der Waals surface area contributed by atoms with Crippen LogP contribution < -0.4 is 5.73 Å². The standard InChI is InChI=1S/C11H16ClN5O5/c12-8-2-14-1-5(15-8)11(13)17-16-6(3-18)9(21)10(22)7(20)4-19/h1-2,7,9-10,18-22H,3-4H2,(H2,13,17)/b16-6-. The molecule has 0 aromatic carbocycles. The molecule has 0 bridgehead atoms. The molecule has 1 rings (SSSR count). The van der Waals surface area contributed by atoms with Gasteiger partial charge in [-0.1, -0.05) is 11.6 Å². The van der Waals surface area contributed by atoms with E-state index in [1.807, 2.05) is 0 Å². The molecule has 1 aromatic heterocycles. The number of aromatic nitrogens is 2. The maximum absolute atomic E-state index is 9.74. The highest BCUT2D eigenvalue weighted by molar-refractivity contribution is 6.29. The zero-order valence-electron chi connectivity index (χ0n) is 11.3. The van der Waals surface area contributed by atoms with Gasteiger partial charge in [-0.3, -0.25) is 4.98 Å². The fourth-order valence-corrected chi connectivity index (χ4v) is 1.48. The first kappa shape index (κ1) is 18.4. The molecule has 0 amide bonds. The molecular weight excluding hydrogens is 318 g/mol. The highest BCUT2D eigenvalue weighted by atomic mass is 35.5. The number of rotatable bonds is 7. The van der Waals surface area contributed by atoms with Crippen LogP contribution in [-0.4, -0.2) is 78.6 Å². The topological polar surface area (TPSA) is 178 Å². The van der Waals surface area contributed by atoms with Crippen LogP contribution in [0, 0.1) is 0 Å². The van der Waals surface area contributed by atoms with Crippen LogP contribution >= 0.6 is 11.6 Å². The van der Waals surface area contributed by atoms with E-state index in [1.165, 1.54) is 12.4 Å². The lowest BCUT2D eigenvalue weighted by Gasteiger charge is -2.21. The molecule has 0 aliphatic heterocycles. The molecule has 1 aromatic rings. The Morgan fingerprint density at radius 2 is 1.91 bits per heavy atom. The number of aliphatic hydroxyl groups is 5. The first-order valence-corrected chi connectivity index (χ1v) is 6.42. The first-order chi connectivity index (χ1) is 10.4. The molecule has 0 spiro atoms. The minimum absolute atomic E-state index is 0.0866. The lowest BCUT2D eigenvalue weighted by Crippen LogP contribution is -2.44. The average molecular weight is 334 g/mol. The maximum Gasteiger partial charge on any atom is 0.173 e. The molecule has 22 heavy (non-hydrogen) atoms. The molecule has 1 heterocycles. The van der Waals surface area contributed by atoms with Crippen molar-refractivity contribution in [2.75, 3.05) is 13.2 Å². The van der Waals surface area contributed by atoms with Crippen LogP contribution in [0.5, 0.6) is 0 Å². The second kappa shape index (κ2) is 8.68. The van der Waals surface area contributed by atoms with Crippen LogP contribution in [0.15, 0.2) is 22.6 Å². The fraction of sp³-hybridized carbons (Fsp3) is 0.455. The summed E-state index contributed by atoms with van der Waals surface area (Å²) in [5.74, 6) is -0.189. The quantitative estimate of drug-likeness (QED) is 0.177. The van der Waals surface area contributed by atoms with Crippen molar-refractivity contribution in [3.63, 3.8) is 0 Å². The van der Waals surface area contributed by atoms with Crippen molar-refractivity contribution < 1.29 is 25.5 Å². The molecule has 0 aliphatic rings. The third-order valence-electron chi connectivity index (χ3n) is 2.56. The molecule has 0 saturated carbocycles. The summed E-state index contributed by atoms with van der Waals surface area (Å²) >= 11 is 5.64. The summed E-state index contributed by atoms with van der Waals surface area (Å²) in [6.07, 6.45) is -2.53. The van der Waals surface area contributed by atoms with Gasteiger partial charge in [0.2, 0.25) is 0 Å². The summed E-state index contributed by atoms with van der Waals surface area (Å²) in [6, 6.07) is 0. The second-order valence-corrected chi connectivity index (χ2v) is 4.53. The van der Waals surface area contributed by atoms with E-state index in [9.17, 15) is 15.3 Å². The number of nitrogens with two attached hydrogens (primary N) is 1. The molecule has 0 aliphatic carbocycles. The lowest BCUT2D eigenvalue weighted by molar-refractivity contribution is -0.0564. The van der Waals surface area contributed by atoms with Gasteiger partial charge >= 0.3 is 0 Å². The minimum Gasteiger partial charge on any atom is -0.394 e. The molecule has 3 atom stereocenters. The summed E-state index contributed by atoms with van der Waals surface area (Å²) < 4.78 is 0. The van der Waals surface area contributed by atoms with Gasteiger partial charge in [-0.25, -0.2) is 4.98 Å². The first-order valence-electron chi connectivity index (χ1n) is 6.04. The predicted molar refractivity (Wildman–Crippen MR) is 77.4 cm³/mol. The summed E-state index contributed by atoms with van der Waals surface area (Å²) in [7, 11) is 0. The van der Waals surface area contributed by atoms with Crippen molar-refractivity contribution in [2.45, 2.75) is 18.3 Å². The number of amidine groups is 1. The van der Waals surface area contributed by atoms with E-state index >= 15 is 0 Å². The molecule has 3 unspecified atom stereocenters. The maximum atomic E-state index is 9.74. The van der Waals surface area contributed by atoms with Crippen LogP contribution in [0.25, 0.3) is 0 Å². The van der Waals surface area contributed by atoms with Crippen LogP contribution in [0.3, 0.4) is 0 Å². The Bertz CT molecular complexity index is 555. The Morgan fingerprint density at radius 1 is 1.23 bits per heavy atom. The summed E-state index contributed by atoms with van der Waals surface area (Å²) in [5.41, 5.74) is 5.36. The van der Waals surface area contributed by atoms with Gasteiger partial charge < -0.3 is 31.3 Å². The molecule has 10 nitrogen and oxygen atoms in total. The Hall–Kier alpha value is -1.69. The third-order valence-corrected chi connectivity index (χ3v) is 2.74. The van der Waals surface area contributed by atoms with Crippen LogP contribution in [0.1, 0.15) is 5.69 Å². The number of hydrogen-bond donors (Lipinski definition) is 6. The van der Waals surface area contributed by atoms with E-state index in [1.54, 1.807) is 0 Å². The second-order valence-electron chi connectivity index (χ2n) is 4.15. The number of hydrogen-bond acceptors (Lipinski definition) is 9. The average Bonchev–Trinajstić information content (AvgIpc) is 2.53. The zero-order valence-corrected chi connectivity index (χ0v) is 12.0.